The number of urea groups is 1. The first-order valence-electron chi connectivity index (χ1n) is 13.3. The van der Waals surface area contributed by atoms with Gasteiger partial charge in [0, 0.05) is 37.9 Å². The summed E-state index contributed by atoms with van der Waals surface area (Å²) >= 11 is 1.23. The SMILES string of the molecule is Cc1cc(Oc2ccccc2)ccc1N1C(=O)Nc2c(C(=O)NC3CCN(C(=O)C=CCN)C3)sc3nccc1c23. The van der Waals surface area contributed by atoms with E-state index < -0.39 is 0 Å². The Hall–Kier alpha value is -4.74. The number of anilines is 3. The number of para-hydroxylation sites is 1. The summed E-state index contributed by atoms with van der Waals surface area (Å²) in [4.78, 5) is 48.0. The Balaban J connectivity index is 1.26. The largest absolute Gasteiger partial charge is 0.457 e. The van der Waals surface area contributed by atoms with Crippen LogP contribution < -0.4 is 26.0 Å². The van der Waals surface area contributed by atoms with Crippen molar-refractivity contribution in [3.8, 4) is 11.5 Å². The fraction of sp³-hybridized carbons (Fsp3) is 0.200. The van der Waals surface area contributed by atoms with Gasteiger partial charge in [0.25, 0.3) is 5.91 Å². The molecule has 1 fully saturated rings. The van der Waals surface area contributed by atoms with E-state index in [0.717, 1.165) is 11.3 Å². The van der Waals surface area contributed by atoms with Gasteiger partial charge in [0.05, 0.1) is 22.4 Å². The van der Waals surface area contributed by atoms with Crippen molar-refractivity contribution < 1.29 is 19.1 Å². The highest BCUT2D eigenvalue weighted by Gasteiger charge is 2.34. The standard InChI is InChI=1S/C30H28N6O4S/c1-18-16-21(40-20-6-3-2-4-7-20)9-10-22(18)36-23-11-14-32-29-25(23)26(34-30(36)39)27(41-29)28(38)33-19-12-15-35(17-19)24(37)8-5-13-31/h2-11,14,16,19H,12-13,15,17,31H2,1H3,(H,33,38)(H,34,39). The van der Waals surface area contributed by atoms with Crippen LogP contribution >= 0.6 is 11.3 Å². The summed E-state index contributed by atoms with van der Waals surface area (Å²) in [6, 6.07) is 16.3. The van der Waals surface area contributed by atoms with Crippen molar-refractivity contribution in [1.82, 2.24) is 15.2 Å². The van der Waals surface area contributed by atoms with Crippen molar-refractivity contribution >= 4 is 56.5 Å². The number of benzene rings is 2. The summed E-state index contributed by atoms with van der Waals surface area (Å²) in [6.45, 7) is 3.17. The van der Waals surface area contributed by atoms with Crippen LogP contribution in [0.4, 0.5) is 21.9 Å². The van der Waals surface area contributed by atoms with E-state index in [-0.39, 0.29) is 23.9 Å². The van der Waals surface area contributed by atoms with Crippen molar-refractivity contribution in [3.63, 3.8) is 0 Å². The summed E-state index contributed by atoms with van der Waals surface area (Å²) in [5.41, 5.74) is 8.07. The van der Waals surface area contributed by atoms with Crippen LogP contribution in [0.3, 0.4) is 0 Å². The summed E-state index contributed by atoms with van der Waals surface area (Å²) < 4.78 is 5.96. The molecule has 4 aromatic rings. The van der Waals surface area contributed by atoms with Gasteiger partial charge in [0.15, 0.2) is 0 Å². The minimum atomic E-state index is -0.374. The highest BCUT2D eigenvalue weighted by atomic mass is 32.1. The molecule has 4 amide bonds. The molecule has 6 rings (SSSR count). The lowest BCUT2D eigenvalue weighted by Gasteiger charge is -2.29. The number of thiophene rings is 1. The Morgan fingerprint density at radius 1 is 1.17 bits per heavy atom. The maximum atomic E-state index is 13.5. The van der Waals surface area contributed by atoms with Crippen molar-refractivity contribution in [2.75, 3.05) is 29.9 Å². The van der Waals surface area contributed by atoms with Gasteiger partial charge in [-0.1, -0.05) is 24.3 Å². The van der Waals surface area contributed by atoms with E-state index in [0.29, 0.717) is 64.0 Å². The number of pyridine rings is 1. The van der Waals surface area contributed by atoms with Crippen molar-refractivity contribution in [1.29, 1.82) is 0 Å². The van der Waals surface area contributed by atoms with Gasteiger partial charge in [-0.2, -0.15) is 0 Å². The van der Waals surface area contributed by atoms with E-state index in [4.69, 9.17) is 10.5 Å². The number of amides is 4. The van der Waals surface area contributed by atoms with Crippen molar-refractivity contribution in [2.45, 2.75) is 19.4 Å². The molecule has 2 aromatic heterocycles. The zero-order chi connectivity index (χ0) is 28.5. The number of aryl methyl sites for hydroxylation is 1. The van der Waals surface area contributed by atoms with E-state index in [2.05, 4.69) is 15.6 Å². The number of carbonyl (C=O) groups is 3. The Morgan fingerprint density at radius 2 is 2.00 bits per heavy atom. The second kappa shape index (κ2) is 11.0. The number of rotatable bonds is 7. The number of ether oxygens (including phenoxy) is 1. The molecule has 1 unspecified atom stereocenters. The summed E-state index contributed by atoms with van der Waals surface area (Å²) in [5, 5.41) is 6.68. The summed E-state index contributed by atoms with van der Waals surface area (Å²) in [7, 11) is 0. The molecule has 0 spiro atoms. The van der Waals surface area contributed by atoms with Crippen molar-refractivity contribution in [2.24, 2.45) is 5.73 Å². The number of aromatic nitrogens is 1. The first kappa shape index (κ1) is 26.5. The Morgan fingerprint density at radius 3 is 2.78 bits per heavy atom. The molecule has 0 saturated carbocycles. The maximum absolute atomic E-state index is 13.5. The summed E-state index contributed by atoms with van der Waals surface area (Å²) in [6.07, 6.45) is 5.35. The third kappa shape index (κ3) is 5.12. The van der Waals surface area contributed by atoms with Crippen LogP contribution in [0.25, 0.3) is 10.2 Å². The van der Waals surface area contributed by atoms with Crippen LogP contribution in [-0.2, 0) is 4.79 Å². The molecule has 4 heterocycles. The van der Waals surface area contributed by atoms with Crippen LogP contribution in [-0.4, -0.2) is 53.4 Å². The maximum Gasteiger partial charge on any atom is 0.331 e. The molecular formula is C30H28N6O4S. The average Bonchev–Trinajstić information content (AvgIpc) is 3.59. The molecule has 0 aliphatic carbocycles. The first-order valence-corrected chi connectivity index (χ1v) is 14.1. The van der Waals surface area contributed by atoms with Crippen LogP contribution in [0.5, 0.6) is 11.5 Å². The van der Waals surface area contributed by atoms with Crippen LogP contribution in [0.2, 0.25) is 0 Å². The van der Waals surface area contributed by atoms with E-state index in [1.165, 1.54) is 17.4 Å². The number of nitrogens with two attached hydrogens (primary N) is 1. The lowest BCUT2D eigenvalue weighted by atomic mass is 10.1. The third-order valence-electron chi connectivity index (χ3n) is 7.07. The Kier molecular flexibility index (Phi) is 7.12. The van der Waals surface area contributed by atoms with Gasteiger partial charge in [0.2, 0.25) is 5.91 Å². The smallest absolute Gasteiger partial charge is 0.331 e. The zero-order valence-corrected chi connectivity index (χ0v) is 23.1. The quantitative estimate of drug-likeness (QED) is 0.271. The Labute approximate surface area is 240 Å². The van der Waals surface area contributed by atoms with Crippen LogP contribution in [0, 0.1) is 6.92 Å². The normalized spacial score (nSPS) is 16.3. The molecule has 11 heteroatoms. The topological polar surface area (TPSA) is 130 Å². The molecule has 2 aliphatic rings. The second-order valence-electron chi connectivity index (χ2n) is 9.83. The van der Waals surface area contributed by atoms with E-state index in [9.17, 15) is 14.4 Å². The zero-order valence-electron chi connectivity index (χ0n) is 22.3. The highest BCUT2D eigenvalue weighted by molar-refractivity contribution is 7.21. The van der Waals surface area contributed by atoms with Gasteiger partial charge < -0.3 is 26.0 Å². The number of carbonyl (C=O) groups excluding carboxylic acids is 3. The molecular weight excluding hydrogens is 540 g/mol. The molecule has 208 valence electrons. The van der Waals surface area contributed by atoms with E-state index in [1.807, 2.05) is 55.5 Å². The lowest BCUT2D eigenvalue weighted by Crippen LogP contribution is -2.39. The Bertz CT molecular complexity index is 1690. The van der Waals surface area contributed by atoms with Gasteiger partial charge in [0.1, 0.15) is 21.2 Å². The number of likely N-dealkylation sites (tertiary alicyclic amines) is 1. The molecule has 1 atom stereocenters. The fourth-order valence-corrected chi connectivity index (χ4v) is 6.18. The van der Waals surface area contributed by atoms with Crippen LogP contribution in [0.15, 0.2) is 72.9 Å². The lowest BCUT2D eigenvalue weighted by molar-refractivity contribution is -0.125. The number of hydrogen-bond donors (Lipinski definition) is 3. The molecule has 2 aliphatic heterocycles. The molecule has 0 radical (unpaired) electrons. The summed E-state index contributed by atoms with van der Waals surface area (Å²) in [5.74, 6) is 0.950. The van der Waals surface area contributed by atoms with Crippen molar-refractivity contribution in [3.05, 3.63) is 83.4 Å². The van der Waals surface area contributed by atoms with E-state index in [1.54, 1.807) is 28.1 Å². The second-order valence-corrected chi connectivity index (χ2v) is 10.8. The average molecular weight is 569 g/mol. The molecule has 41 heavy (non-hydrogen) atoms. The molecule has 0 bridgehead atoms. The molecule has 4 N–H and O–H groups in total. The highest BCUT2D eigenvalue weighted by Crippen LogP contribution is 2.46. The first-order chi connectivity index (χ1) is 19.9. The van der Waals surface area contributed by atoms with Gasteiger partial charge in [-0.15, -0.1) is 11.3 Å². The van der Waals surface area contributed by atoms with E-state index >= 15 is 0 Å². The number of hydrogen-bond acceptors (Lipinski definition) is 7. The minimum Gasteiger partial charge on any atom is -0.457 e. The predicted octanol–water partition coefficient (Wildman–Crippen LogP) is 4.93. The molecule has 2 aromatic carbocycles. The predicted molar refractivity (Wildman–Crippen MR) is 159 cm³/mol. The fourth-order valence-electron chi connectivity index (χ4n) is 5.15. The van der Waals surface area contributed by atoms with Gasteiger partial charge >= 0.3 is 6.03 Å². The third-order valence-corrected chi connectivity index (χ3v) is 8.17. The number of nitrogens with zero attached hydrogens (tertiary/aromatic N) is 3. The van der Waals surface area contributed by atoms with Gasteiger partial charge in [-0.3, -0.25) is 14.5 Å². The minimum absolute atomic E-state index is 0.125. The molecule has 1 saturated heterocycles. The number of nitrogens with one attached hydrogen (secondary N) is 2. The van der Waals surface area contributed by atoms with Gasteiger partial charge in [-0.25, -0.2) is 9.78 Å². The monoisotopic (exact) mass is 568 g/mol. The van der Waals surface area contributed by atoms with Crippen LogP contribution in [0.1, 0.15) is 21.7 Å². The molecule has 10 nitrogen and oxygen atoms in total. The van der Waals surface area contributed by atoms with Gasteiger partial charge in [-0.05, 0) is 55.3 Å².